The molecule has 1 saturated carbocycles. The van der Waals surface area contributed by atoms with Gasteiger partial charge in [-0.3, -0.25) is 14.1 Å². The minimum atomic E-state index is 0.0362. The van der Waals surface area contributed by atoms with E-state index in [1.807, 2.05) is 5.38 Å². The van der Waals surface area contributed by atoms with Crippen molar-refractivity contribution in [2.75, 3.05) is 19.6 Å². The highest BCUT2D eigenvalue weighted by molar-refractivity contribution is 7.15. The summed E-state index contributed by atoms with van der Waals surface area (Å²) in [4.78, 5) is 20.2. The van der Waals surface area contributed by atoms with Crippen LogP contribution in [0.1, 0.15) is 37.8 Å². The lowest BCUT2D eigenvalue weighted by Crippen LogP contribution is -2.61. The van der Waals surface area contributed by atoms with Crippen molar-refractivity contribution in [3.8, 4) is 0 Å². The first-order valence-corrected chi connectivity index (χ1v) is 9.06. The van der Waals surface area contributed by atoms with Gasteiger partial charge in [-0.25, -0.2) is 4.98 Å². The SMILES string of the molecule is O=c1cc(CN2CCNCC23CCCCC3)nc2sccn12. The highest BCUT2D eigenvalue weighted by Crippen LogP contribution is 2.35. The van der Waals surface area contributed by atoms with E-state index in [4.69, 9.17) is 0 Å². The van der Waals surface area contributed by atoms with E-state index < -0.39 is 0 Å². The molecule has 1 N–H and O–H groups in total. The Hall–Kier alpha value is -1.24. The predicted octanol–water partition coefficient (Wildman–Crippen LogP) is 1.86. The molecule has 2 aromatic rings. The molecule has 0 radical (unpaired) electrons. The molecule has 2 aliphatic rings. The van der Waals surface area contributed by atoms with Gasteiger partial charge in [-0.05, 0) is 12.8 Å². The first-order valence-electron chi connectivity index (χ1n) is 8.18. The zero-order valence-electron chi connectivity index (χ0n) is 12.8. The lowest BCUT2D eigenvalue weighted by molar-refractivity contribution is 0.0199. The molecule has 0 amide bonds. The fraction of sp³-hybridized carbons (Fsp3) is 0.625. The number of hydrogen-bond donors (Lipinski definition) is 1. The Morgan fingerprint density at radius 3 is 3.05 bits per heavy atom. The fourth-order valence-corrected chi connectivity index (χ4v) is 4.74. The molecule has 0 bridgehead atoms. The van der Waals surface area contributed by atoms with Gasteiger partial charge in [0.1, 0.15) is 0 Å². The Labute approximate surface area is 134 Å². The maximum atomic E-state index is 12.2. The van der Waals surface area contributed by atoms with Gasteiger partial charge in [0.15, 0.2) is 4.96 Å². The molecule has 0 atom stereocenters. The molecule has 6 heteroatoms. The standard InChI is InChI=1S/C16H22N4OS/c21-14-10-13(18-15-20(14)8-9-22-15)11-19-7-6-17-12-16(19)4-2-1-3-5-16/h8-10,17H,1-7,11-12H2. The fourth-order valence-electron chi connectivity index (χ4n) is 4.00. The quantitative estimate of drug-likeness (QED) is 0.918. The van der Waals surface area contributed by atoms with Gasteiger partial charge in [-0.2, -0.15) is 0 Å². The number of fused-ring (bicyclic) bond motifs is 1. The second-order valence-corrected chi connectivity index (χ2v) is 7.40. The van der Waals surface area contributed by atoms with Crippen LogP contribution in [0.5, 0.6) is 0 Å². The van der Waals surface area contributed by atoms with Gasteiger partial charge in [0.2, 0.25) is 0 Å². The van der Waals surface area contributed by atoms with E-state index in [9.17, 15) is 4.79 Å². The summed E-state index contributed by atoms with van der Waals surface area (Å²) in [7, 11) is 0. The molecule has 1 aliphatic carbocycles. The monoisotopic (exact) mass is 318 g/mol. The zero-order valence-corrected chi connectivity index (χ0v) is 13.6. The summed E-state index contributed by atoms with van der Waals surface area (Å²) in [6.45, 7) is 3.95. The van der Waals surface area contributed by atoms with Crippen LogP contribution < -0.4 is 10.9 Å². The molecule has 2 fully saturated rings. The summed E-state index contributed by atoms with van der Waals surface area (Å²) < 4.78 is 1.63. The molecule has 0 aromatic carbocycles. The molecule has 118 valence electrons. The molecule has 5 nitrogen and oxygen atoms in total. The van der Waals surface area contributed by atoms with E-state index >= 15 is 0 Å². The summed E-state index contributed by atoms with van der Waals surface area (Å²) in [6.07, 6.45) is 8.32. The highest BCUT2D eigenvalue weighted by atomic mass is 32.1. The van der Waals surface area contributed by atoms with Crippen LogP contribution >= 0.6 is 11.3 Å². The Bertz CT molecular complexity index is 708. The minimum absolute atomic E-state index is 0.0362. The molecule has 1 aliphatic heterocycles. The maximum Gasteiger partial charge on any atom is 0.258 e. The number of nitrogens with one attached hydrogen (secondary N) is 1. The average Bonchev–Trinajstić information content (AvgIpc) is 3.00. The Morgan fingerprint density at radius 2 is 2.18 bits per heavy atom. The normalized spacial score (nSPS) is 22.4. The van der Waals surface area contributed by atoms with Crippen molar-refractivity contribution in [1.82, 2.24) is 19.6 Å². The van der Waals surface area contributed by atoms with E-state index in [0.29, 0.717) is 0 Å². The van der Waals surface area contributed by atoms with E-state index in [1.165, 1.54) is 43.4 Å². The van der Waals surface area contributed by atoms with Crippen LogP contribution in [0.3, 0.4) is 0 Å². The van der Waals surface area contributed by atoms with Crippen molar-refractivity contribution < 1.29 is 0 Å². The van der Waals surface area contributed by atoms with E-state index in [2.05, 4.69) is 15.2 Å². The van der Waals surface area contributed by atoms with Gasteiger partial charge >= 0.3 is 0 Å². The lowest BCUT2D eigenvalue weighted by atomic mass is 9.79. The van der Waals surface area contributed by atoms with Crippen molar-refractivity contribution in [2.24, 2.45) is 0 Å². The van der Waals surface area contributed by atoms with Gasteiger partial charge in [0, 0.05) is 49.4 Å². The average molecular weight is 318 g/mol. The molecule has 3 heterocycles. The molecule has 4 rings (SSSR count). The van der Waals surface area contributed by atoms with Gasteiger partial charge in [-0.15, -0.1) is 11.3 Å². The van der Waals surface area contributed by atoms with Crippen LogP contribution in [0.2, 0.25) is 0 Å². The molecule has 1 spiro atoms. The Morgan fingerprint density at radius 1 is 1.32 bits per heavy atom. The third-order valence-corrected chi connectivity index (χ3v) is 5.93. The maximum absolute atomic E-state index is 12.2. The molecule has 2 aromatic heterocycles. The molecule has 22 heavy (non-hydrogen) atoms. The van der Waals surface area contributed by atoms with Crippen molar-refractivity contribution in [3.05, 3.63) is 33.7 Å². The second kappa shape index (κ2) is 5.76. The summed E-state index contributed by atoms with van der Waals surface area (Å²) in [5.41, 5.74) is 1.23. The largest absolute Gasteiger partial charge is 0.314 e. The van der Waals surface area contributed by atoms with Crippen LogP contribution in [0.4, 0.5) is 0 Å². The highest BCUT2D eigenvalue weighted by Gasteiger charge is 2.39. The molecule has 0 unspecified atom stereocenters. The zero-order chi connectivity index (χ0) is 15.0. The van der Waals surface area contributed by atoms with Gasteiger partial charge in [0.25, 0.3) is 5.56 Å². The van der Waals surface area contributed by atoms with Crippen molar-refractivity contribution in [2.45, 2.75) is 44.2 Å². The van der Waals surface area contributed by atoms with Crippen LogP contribution in [0, 0.1) is 0 Å². The third-order valence-electron chi connectivity index (χ3n) is 5.18. The second-order valence-electron chi connectivity index (χ2n) is 6.52. The third kappa shape index (κ3) is 2.49. The number of hydrogen-bond acceptors (Lipinski definition) is 5. The van der Waals surface area contributed by atoms with Gasteiger partial charge < -0.3 is 5.32 Å². The van der Waals surface area contributed by atoms with Crippen molar-refractivity contribution in [3.63, 3.8) is 0 Å². The van der Waals surface area contributed by atoms with Crippen LogP contribution in [0.25, 0.3) is 4.96 Å². The number of piperazine rings is 1. The summed E-state index contributed by atoms with van der Waals surface area (Å²) in [5, 5.41) is 5.49. The van der Waals surface area contributed by atoms with E-state index in [1.54, 1.807) is 16.7 Å². The predicted molar refractivity (Wildman–Crippen MR) is 88.4 cm³/mol. The van der Waals surface area contributed by atoms with E-state index in [-0.39, 0.29) is 11.1 Å². The van der Waals surface area contributed by atoms with Gasteiger partial charge in [-0.1, -0.05) is 19.3 Å². The van der Waals surface area contributed by atoms with Crippen LogP contribution in [-0.4, -0.2) is 39.5 Å². The smallest absolute Gasteiger partial charge is 0.258 e. The molecular weight excluding hydrogens is 296 g/mol. The van der Waals surface area contributed by atoms with E-state index in [0.717, 1.165) is 36.8 Å². The van der Waals surface area contributed by atoms with Crippen molar-refractivity contribution >= 4 is 16.3 Å². The number of aromatic nitrogens is 2. The topological polar surface area (TPSA) is 49.6 Å². The number of thiazole rings is 1. The first kappa shape index (κ1) is 14.4. The first-order chi connectivity index (χ1) is 10.8. The van der Waals surface area contributed by atoms with Crippen molar-refractivity contribution in [1.29, 1.82) is 0 Å². The lowest BCUT2D eigenvalue weighted by Gasteiger charge is -2.49. The summed E-state index contributed by atoms with van der Waals surface area (Å²) in [5.74, 6) is 0. The Kier molecular flexibility index (Phi) is 3.76. The molecule has 1 saturated heterocycles. The number of rotatable bonds is 2. The summed E-state index contributed by atoms with van der Waals surface area (Å²) >= 11 is 1.53. The minimum Gasteiger partial charge on any atom is -0.314 e. The number of nitrogens with zero attached hydrogens (tertiary/aromatic N) is 3. The van der Waals surface area contributed by atoms with Crippen LogP contribution in [0.15, 0.2) is 22.4 Å². The Balaban J connectivity index is 1.63. The molecular formula is C16H22N4OS. The van der Waals surface area contributed by atoms with Gasteiger partial charge in [0.05, 0.1) is 5.69 Å². The van der Waals surface area contributed by atoms with Crippen LogP contribution in [-0.2, 0) is 6.54 Å². The summed E-state index contributed by atoms with van der Waals surface area (Å²) in [6, 6.07) is 1.71.